The summed E-state index contributed by atoms with van der Waals surface area (Å²) >= 11 is 0. The van der Waals surface area contributed by atoms with Crippen LogP contribution in [-0.4, -0.2) is 42.5 Å². The van der Waals surface area contributed by atoms with Crippen LogP contribution in [0.5, 0.6) is 5.75 Å². The molecule has 3 rings (SSSR count). The third-order valence-corrected chi connectivity index (χ3v) is 6.27. The minimum Gasteiger partial charge on any atom is -0.508 e. The minimum atomic E-state index is -5.09. The molecular formula is C18H17F3N2O4S. The standard InChI is InChI=1S/C18H17F3N2O4S/c1-12-10-22(28(26,27)15-8-6-14(24)7-9-15)11-13-4-2-3-5-16(13)23(12)17(25)18(19,20)21/h2-9,12,24H,10-11H2,1H3. The van der Waals surface area contributed by atoms with E-state index in [1.807, 2.05) is 0 Å². The number of amides is 1. The molecule has 0 spiro atoms. The third-order valence-electron chi connectivity index (χ3n) is 4.44. The molecule has 0 aromatic heterocycles. The van der Waals surface area contributed by atoms with Crippen LogP contribution >= 0.6 is 0 Å². The lowest BCUT2D eigenvalue weighted by molar-refractivity contribution is -0.170. The maximum absolute atomic E-state index is 13.1. The van der Waals surface area contributed by atoms with Crippen molar-refractivity contribution in [3.8, 4) is 5.75 Å². The van der Waals surface area contributed by atoms with Crippen LogP contribution in [-0.2, 0) is 21.4 Å². The van der Waals surface area contributed by atoms with Gasteiger partial charge in [0.2, 0.25) is 10.0 Å². The topological polar surface area (TPSA) is 77.9 Å². The highest BCUT2D eigenvalue weighted by Gasteiger charge is 2.46. The highest BCUT2D eigenvalue weighted by Crippen LogP contribution is 2.33. The maximum Gasteiger partial charge on any atom is 0.471 e. The van der Waals surface area contributed by atoms with Crippen LogP contribution < -0.4 is 4.90 Å². The molecule has 150 valence electrons. The zero-order valence-electron chi connectivity index (χ0n) is 14.7. The summed E-state index contributed by atoms with van der Waals surface area (Å²) in [4.78, 5) is 12.5. The molecule has 1 heterocycles. The molecule has 1 unspecified atom stereocenters. The SMILES string of the molecule is CC1CN(S(=O)(=O)c2ccc(O)cc2)Cc2ccccc2N1C(=O)C(F)(F)F. The van der Waals surface area contributed by atoms with E-state index in [-0.39, 0.29) is 35.0 Å². The molecule has 0 bridgehead atoms. The van der Waals surface area contributed by atoms with Gasteiger partial charge >= 0.3 is 12.1 Å². The Hall–Kier alpha value is -2.59. The molecule has 0 fully saturated rings. The predicted molar refractivity (Wildman–Crippen MR) is 95.1 cm³/mol. The van der Waals surface area contributed by atoms with E-state index in [0.29, 0.717) is 4.90 Å². The molecule has 1 N–H and O–H groups in total. The first-order valence-corrected chi connectivity index (χ1v) is 9.73. The number of hydrogen-bond acceptors (Lipinski definition) is 4. The average Bonchev–Trinajstić information content (AvgIpc) is 2.77. The van der Waals surface area contributed by atoms with E-state index in [0.717, 1.165) is 4.31 Å². The summed E-state index contributed by atoms with van der Waals surface area (Å²) < 4.78 is 66.4. The quantitative estimate of drug-likeness (QED) is 0.820. The lowest BCUT2D eigenvalue weighted by atomic mass is 10.1. The number of phenols is 1. The van der Waals surface area contributed by atoms with Crippen molar-refractivity contribution in [3.05, 3.63) is 54.1 Å². The van der Waals surface area contributed by atoms with Gasteiger partial charge in [0.05, 0.1) is 4.90 Å². The fraction of sp³-hybridized carbons (Fsp3) is 0.278. The molecule has 1 atom stereocenters. The molecule has 10 heteroatoms. The summed E-state index contributed by atoms with van der Waals surface area (Å²) in [5, 5.41) is 9.36. The number of rotatable bonds is 2. The molecule has 0 aliphatic carbocycles. The Morgan fingerprint density at radius 3 is 2.32 bits per heavy atom. The second-order valence-electron chi connectivity index (χ2n) is 6.44. The Balaban J connectivity index is 2.06. The average molecular weight is 414 g/mol. The highest BCUT2D eigenvalue weighted by atomic mass is 32.2. The van der Waals surface area contributed by atoms with Crippen molar-refractivity contribution in [2.75, 3.05) is 11.4 Å². The second kappa shape index (κ2) is 7.10. The third kappa shape index (κ3) is 3.69. The van der Waals surface area contributed by atoms with E-state index in [9.17, 15) is 31.5 Å². The molecule has 0 saturated carbocycles. The van der Waals surface area contributed by atoms with Gasteiger partial charge in [-0.05, 0) is 42.8 Å². The number of halogens is 3. The van der Waals surface area contributed by atoms with Crippen LogP contribution in [0.15, 0.2) is 53.4 Å². The Kier molecular flexibility index (Phi) is 5.11. The van der Waals surface area contributed by atoms with Crippen LogP contribution in [0, 0.1) is 0 Å². The molecule has 1 aliphatic rings. The van der Waals surface area contributed by atoms with Gasteiger partial charge in [-0.15, -0.1) is 0 Å². The number of carbonyl (C=O) groups excluding carboxylic acids is 1. The number of sulfonamides is 1. The smallest absolute Gasteiger partial charge is 0.471 e. The van der Waals surface area contributed by atoms with Crippen molar-refractivity contribution in [3.63, 3.8) is 0 Å². The largest absolute Gasteiger partial charge is 0.508 e. The molecule has 1 aliphatic heterocycles. The maximum atomic E-state index is 13.1. The van der Waals surface area contributed by atoms with Crippen molar-refractivity contribution in [1.29, 1.82) is 0 Å². The molecule has 2 aromatic rings. The molecular weight excluding hydrogens is 397 g/mol. The Bertz CT molecular complexity index is 991. The first-order chi connectivity index (χ1) is 13.0. The van der Waals surface area contributed by atoms with E-state index in [1.54, 1.807) is 6.07 Å². The zero-order valence-corrected chi connectivity index (χ0v) is 15.5. The fourth-order valence-electron chi connectivity index (χ4n) is 3.14. The molecule has 2 aromatic carbocycles. The number of aromatic hydroxyl groups is 1. The highest BCUT2D eigenvalue weighted by molar-refractivity contribution is 7.89. The Labute approximate surface area is 159 Å². The molecule has 1 amide bonds. The van der Waals surface area contributed by atoms with Crippen molar-refractivity contribution >= 4 is 21.6 Å². The minimum absolute atomic E-state index is 0.0285. The van der Waals surface area contributed by atoms with E-state index >= 15 is 0 Å². The van der Waals surface area contributed by atoms with E-state index in [4.69, 9.17) is 0 Å². The fourth-order valence-corrected chi connectivity index (χ4v) is 4.64. The van der Waals surface area contributed by atoms with Gasteiger partial charge in [-0.25, -0.2) is 8.42 Å². The van der Waals surface area contributed by atoms with Crippen molar-refractivity contribution in [1.82, 2.24) is 4.31 Å². The van der Waals surface area contributed by atoms with Gasteiger partial charge in [0, 0.05) is 24.8 Å². The number of fused-ring (bicyclic) bond motifs is 1. The van der Waals surface area contributed by atoms with Gasteiger partial charge in [0.25, 0.3) is 0 Å². The van der Waals surface area contributed by atoms with Crippen molar-refractivity contribution in [2.45, 2.75) is 30.6 Å². The van der Waals surface area contributed by atoms with Crippen LogP contribution in [0.3, 0.4) is 0 Å². The van der Waals surface area contributed by atoms with Gasteiger partial charge in [-0.2, -0.15) is 17.5 Å². The van der Waals surface area contributed by atoms with Gasteiger partial charge < -0.3 is 10.0 Å². The second-order valence-corrected chi connectivity index (χ2v) is 8.38. The van der Waals surface area contributed by atoms with Crippen LogP contribution in [0.1, 0.15) is 12.5 Å². The zero-order chi connectivity index (χ0) is 20.7. The van der Waals surface area contributed by atoms with Crippen LogP contribution in [0.4, 0.5) is 18.9 Å². The summed E-state index contributed by atoms with van der Waals surface area (Å²) in [5.41, 5.74) is 0.313. The lowest BCUT2D eigenvalue weighted by Gasteiger charge is -2.30. The van der Waals surface area contributed by atoms with E-state index in [1.165, 1.54) is 49.4 Å². The van der Waals surface area contributed by atoms with Crippen LogP contribution in [0.25, 0.3) is 0 Å². The Morgan fingerprint density at radius 2 is 1.71 bits per heavy atom. The molecule has 6 nitrogen and oxygen atoms in total. The molecule has 0 radical (unpaired) electrons. The van der Waals surface area contributed by atoms with Gasteiger partial charge in [0.1, 0.15) is 5.75 Å². The summed E-state index contributed by atoms with van der Waals surface area (Å²) in [6.45, 7) is 0.857. The number of nitrogens with zero attached hydrogens (tertiary/aromatic N) is 2. The lowest BCUT2D eigenvalue weighted by Crippen LogP contribution is -2.49. The van der Waals surface area contributed by atoms with E-state index < -0.39 is 28.1 Å². The number of hydrogen-bond donors (Lipinski definition) is 1. The van der Waals surface area contributed by atoms with Crippen molar-refractivity contribution < 1.29 is 31.5 Å². The predicted octanol–water partition coefficient (Wildman–Crippen LogP) is 2.88. The first kappa shape index (κ1) is 20.2. The number of anilines is 1. The molecule has 28 heavy (non-hydrogen) atoms. The number of phenolic OH excluding ortho intramolecular Hbond substituents is 1. The number of para-hydroxylation sites is 1. The number of carbonyl (C=O) groups is 1. The monoisotopic (exact) mass is 414 g/mol. The Morgan fingerprint density at radius 1 is 1.11 bits per heavy atom. The summed E-state index contributed by atoms with van der Waals surface area (Å²) in [6, 6.07) is 9.71. The normalized spacial score (nSPS) is 18.4. The number of alkyl halides is 3. The van der Waals surface area contributed by atoms with Gasteiger partial charge in [-0.1, -0.05) is 18.2 Å². The van der Waals surface area contributed by atoms with Crippen molar-refractivity contribution in [2.24, 2.45) is 0 Å². The van der Waals surface area contributed by atoms with Gasteiger partial charge in [0.15, 0.2) is 0 Å². The summed E-state index contributed by atoms with van der Waals surface area (Å²) in [5.74, 6) is -2.16. The first-order valence-electron chi connectivity index (χ1n) is 8.29. The molecule has 0 saturated heterocycles. The van der Waals surface area contributed by atoms with Crippen LogP contribution in [0.2, 0.25) is 0 Å². The number of benzene rings is 2. The summed E-state index contributed by atoms with van der Waals surface area (Å²) in [7, 11) is -4.06. The van der Waals surface area contributed by atoms with E-state index in [2.05, 4.69) is 0 Å². The van der Waals surface area contributed by atoms with Gasteiger partial charge in [-0.3, -0.25) is 4.79 Å². The summed E-state index contributed by atoms with van der Waals surface area (Å²) in [6.07, 6.45) is -5.09.